The maximum absolute atomic E-state index is 4.70. The van der Waals surface area contributed by atoms with Gasteiger partial charge in [0, 0.05) is 17.5 Å². The molecule has 82 valence electrons. The Kier molecular flexibility index (Phi) is 2.53. The summed E-state index contributed by atoms with van der Waals surface area (Å²) in [6.45, 7) is 3.29. The third kappa shape index (κ3) is 2.08. The number of nitrogens with zero attached hydrogens (tertiary/aromatic N) is 1. The molecule has 0 bridgehead atoms. The molecule has 2 nitrogen and oxygen atoms in total. The Balaban J connectivity index is 1.57. The highest BCUT2D eigenvalue weighted by atomic mass is 32.1. The number of thiazole rings is 1. The summed E-state index contributed by atoms with van der Waals surface area (Å²) in [5.41, 5.74) is 1.39. The molecule has 1 atom stereocenters. The molecule has 15 heavy (non-hydrogen) atoms. The van der Waals surface area contributed by atoms with Crippen LogP contribution >= 0.6 is 11.3 Å². The van der Waals surface area contributed by atoms with E-state index in [-0.39, 0.29) is 0 Å². The third-order valence-corrected chi connectivity index (χ3v) is 4.70. The maximum Gasteiger partial charge on any atom is 0.107 e. The van der Waals surface area contributed by atoms with Gasteiger partial charge in [0.1, 0.15) is 5.01 Å². The van der Waals surface area contributed by atoms with E-state index in [0.29, 0.717) is 6.04 Å². The van der Waals surface area contributed by atoms with Gasteiger partial charge < -0.3 is 5.32 Å². The molecule has 0 radical (unpaired) electrons. The molecule has 1 aromatic heterocycles. The molecule has 0 amide bonds. The predicted molar refractivity (Wildman–Crippen MR) is 63.2 cm³/mol. The van der Waals surface area contributed by atoms with Crippen molar-refractivity contribution in [2.75, 3.05) is 0 Å². The van der Waals surface area contributed by atoms with Crippen molar-refractivity contribution in [3.8, 4) is 0 Å². The van der Waals surface area contributed by atoms with Crippen molar-refractivity contribution < 1.29 is 0 Å². The Bertz CT molecular complexity index is 333. The molecule has 3 heteroatoms. The summed E-state index contributed by atoms with van der Waals surface area (Å²) in [6, 6.07) is 0.684. The lowest BCUT2D eigenvalue weighted by atomic mass is 10.2. The number of aryl methyl sites for hydroxylation is 2. The van der Waals surface area contributed by atoms with Crippen LogP contribution in [0.1, 0.15) is 41.8 Å². The zero-order valence-corrected chi connectivity index (χ0v) is 10.1. The second-order valence-electron chi connectivity index (χ2n) is 4.84. The molecule has 1 aromatic rings. The fraction of sp³-hybridized carbons (Fsp3) is 0.750. The topological polar surface area (TPSA) is 24.9 Å². The number of rotatable bonds is 4. The monoisotopic (exact) mass is 222 g/mol. The van der Waals surface area contributed by atoms with Crippen LogP contribution in [0.3, 0.4) is 0 Å². The summed E-state index contributed by atoms with van der Waals surface area (Å²) < 4.78 is 0. The van der Waals surface area contributed by atoms with Crippen molar-refractivity contribution in [3.05, 3.63) is 15.6 Å². The standard InChI is InChI=1S/C12H18N2S/c1-8(9-5-6-9)13-7-12-14-10-3-2-4-11(10)15-12/h8-9,13H,2-7H2,1H3. The normalized spacial score (nSPS) is 21.7. The van der Waals surface area contributed by atoms with E-state index in [9.17, 15) is 0 Å². The van der Waals surface area contributed by atoms with Crippen LogP contribution < -0.4 is 5.32 Å². The average Bonchev–Trinajstić information content (AvgIpc) is 2.86. The van der Waals surface area contributed by atoms with E-state index >= 15 is 0 Å². The lowest BCUT2D eigenvalue weighted by Gasteiger charge is -2.10. The van der Waals surface area contributed by atoms with Crippen LogP contribution in [0.5, 0.6) is 0 Å². The fourth-order valence-electron chi connectivity index (χ4n) is 2.33. The minimum atomic E-state index is 0.684. The average molecular weight is 222 g/mol. The van der Waals surface area contributed by atoms with Gasteiger partial charge in [-0.2, -0.15) is 0 Å². The van der Waals surface area contributed by atoms with Crippen molar-refractivity contribution in [1.29, 1.82) is 0 Å². The van der Waals surface area contributed by atoms with Crippen LogP contribution in [-0.4, -0.2) is 11.0 Å². The number of nitrogens with one attached hydrogen (secondary N) is 1. The quantitative estimate of drug-likeness (QED) is 0.846. The lowest BCUT2D eigenvalue weighted by Crippen LogP contribution is -2.27. The van der Waals surface area contributed by atoms with E-state index in [2.05, 4.69) is 12.2 Å². The summed E-state index contributed by atoms with van der Waals surface area (Å²) in [4.78, 5) is 6.25. The molecule has 1 heterocycles. The Labute approximate surface area is 95.1 Å². The van der Waals surface area contributed by atoms with Gasteiger partial charge in [-0.15, -0.1) is 11.3 Å². The maximum atomic E-state index is 4.70. The minimum Gasteiger partial charge on any atom is -0.308 e. The zero-order chi connectivity index (χ0) is 10.3. The number of hydrogen-bond donors (Lipinski definition) is 1. The highest BCUT2D eigenvalue weighted by molar-refractivity contribution is 7.11. The molecule has 0 aliphatic heterocycles. The van der Waals surface area contributed by atoms with Crippen LogP contribution in [0.15, 0.2) is 0 Å². The van der Waals surface area contributed by atoms with Crippen LogP contribution in [0.4, 0.5) is 0 Å². The van der Waals surface area contributed by atoms with Crippen molar-refractivity contribution in [1.82, 2.24) is 10.3 Å². The van der Waals surface area contributed by atoms with Crippen molar-refractivity contribution >= 4 is 11.3 Å². The molecular formula is C12H18N2S. The Morgan fingerprint density at radius 2 is 2.33 bits per heavy atom. The SMILES string of the molecule is CC(NCc1nc2c(s1)CCC2)C1CC1. The largest absolute Gasteiger partial charge is 0.308 e. The smallest absolute Gasteiger partial charge is 0.107 e. The lowest BCUT2D eigenvalue weighted by molar-refractivity contribution is 0.495. The molecular weight excluding hydrogens is 204 g/mol. The summed E-state index contributed by atoms with van der Waals surface area (Å²) >= 11 is 1.92. The van der Waals surface area contributed by atoms with Crippen LogP contribution in [0.2, 0.25) is 0 Å². The van der Waals surface area contributed by atoms with Crippen LogP contribution in [0, 0.1) is 5.92 Å². The molecule has 3 rings (SSSR count). The van der Waals surface area contributed by atoms with Gasteiger partial charge in [0.05, 0.1) is 5.69 Å². The second kappa shape index (κ2) is 3.87. The summed E-state index contributed by atoms with van der Waals surface area (Å²) in [7, 11) is 0. The van der Waals surface area contributed by atoms with Crippen LogP contribution in [0.25, 0.3) is 0 Å². The Morgan fingerprint density at radius 1 is 1.47 bits per heavy atom. The highest BCUT2D eigenvalue weighted by Gasteiger charge is 2.27. The van der Waals surface area contributed by atoms with Gasteiger partial charge in [0.2, 0.25) is 0 Å². The predicted octanol–water partition coefficient (Wildman–Crippen LogP) is 2.52. The first-order valence-electron chi connectivity index (χ1n) is 6.04. The Morgan fingerprint density at radius 3 is 3.07 bits per heavy atom. The molecule has 1 fully saturated rings. The van der Waals surface area contributed by atoms with Gasteiger partial charge >= 0.3 is 0 Å². The van der Waals surface area contributed by atoms with Gasteiger partial charge in [-0.05, 0) is 44.9 Å². The van der Waals surface area contributed by atoms with E-state index < -0.39 is 0 Å². The highest BCUT2D eigenvalue weighted by Crippen LogP contribution is 2.33. The molecule has 0 saturated heterocycles. The fourth-order valence-corrected chi connectivity index (χ4v) is 3.44. The number of hydrogen-bond acceptors (Lipinski definition) is 3. The second-order valence-corrected chi connectivity index (χ2v) is 6.01. The minimum absolute atomic E-state index is 0.684. The molecule has 1 unspecified atom stereocenters. The van der Waals surface area contributed by atoms with E-state index in [1.54, 1.807) is 4.88 Å². The summed E-state index contributed by atoms with van der Waals surface area (Å²) in [5, 5.41) is 4.90. The van der Waals surface area contributed by atoms with Gasteiger partial charge in [0.15, 0.2) is 0 Å². The molecule has 1 saturated carbocycles. The molecule has 2 aliphatic rings. The first-order valence-corrected chi connectivity index (χ1v) is 6.85. The van der Waals surface area contributed by atoms with Gasteiger partial charge in [0.25, 0.3) is 0 Å². The summed E-state index contributed by atoms with van der Waals surface area (Å²) in [6.07, 6.45) is 6.64. The third-order valence-electron chi connectivity index (χ3n) is 3.54. The van der Waals surface area contributed by atoms with E-state index in [1.165, 1.54) is 42.8 Å². The first-order chi connectivity index (χ1) is 7.33. The van der Waals surface area contributed by atoms with E-state index in [0.717, 1.165) is 12.5 Å². The van der Waals surface area contributed by atoms with E-state index in [4.69, 9.17) is 4.98 Å². The zero-order valence-electron chi connectivity index (χ0n) is 9.25. The molecule has 1 N–H and O–H groups in total. The van der Waals surface area contributed by atoms with Crippen molar-refractivity contribution in [3.63, 3.8) is 0 Å². The van der Waals surface area contributed by atoms with Crippen molar-refractivity contribution in [2.45, 2.75) is 51.6 Å². The van der Waals surface area contributed by atoms with Gasteiger partial charge in [-0.1, -0.05) is 0 Å². The molecule has 0 aromatic carbocycles. The van der Waals surface area contributed by atoms with Gasteiger partial charge in [-0.3, -0.25) is 0 Å². The van der Waals surface area contributed by atoms with E-state index in [1.807, 2.05) is 11.3 Å². The number of aromatic nitrogens is 1. The molecule has 0 spiro atoms. The number of fused-ring (bicyclic) bond motifs is 1. The summed E-state index contributed by atoms with van der Waals surface area (Å²) in [5.74, 6) is 0.941. The van der Waals surface area contributed by atoms with Crippen LogP contribution in [-0.2, 0) is 19.4 Å². The van der Waals surface area contributed by atoms with Crippen molar-refractivity contribution in [2.24, 2.45) is 5.92 Å². The van der Waals surface area contributed by atoms with Gasteiger partial charge in [-0.25, -0.2) is 4.98 Å². The Hall–Kier alpha value is -0.410. The first kappa shape index (κ1) is 9.79. The molecule has 2 aliphatic carbocycles.